The molecule has 58 heavy (non-hydrogen) atoms. The van der Waals surface area contributed by atoms with Gasteiger partial charge in [-0.1, -0.05) is 86.6 Å². The quantitative estimate of drug-likeness (QED) is 0.0261. The van der Waals surface area contributed by atoms with E-state index in [-0.39, 0.29) is 126 Å². The van der Waals surface area contributed by atoms with Gasteiger partial charge in [-0.25, -0.2) is 4.79 Å². The molecule has 0 aromatic rings. The fraction of sp³-hybridized carbons (Fsp3) is 0.838. The fourth-order valence-electron chi connectivity index (χ4n) is 5.25. The topological polar surface area (TPSA) is 274 Å². The van der Waals surface area contributed by atoms with Crippen molar-refractivity contribution in [3.8, 4) is 0 Å². The van der Waals surface area contributed by atoms with Gasteiger partial charge in [-0.2, -0.15) is 8.42 Å². The summed E-state index contributed by atoms with van der Waals surface area (Å²) in [5.41, 5.74) is 0. The number of rotatable bonds is 41. The van der Waals surface area contributed by atoms with Crippen molar-refractivity contribution in [2.45, 2.75) is 109 Å². The summed E-state index contributed by atoms with van der Waals surface area (Å²) >= 11 is 3.02. The van der Waals surface area contributed by atoms with Crippen LogP contribution >= 0.6 is 15.9 Å². The smallest absolute Gasteiger partial charge is 0.326 e. The largest absolute Gasteiger partial charge is 0.480 e. The van der Waals surface area contributed by atoms with Crippen LogP contribution in [0, 0.1) is 0 Å². The number of hydrogen-bond donors (Lipinski definition) is 7. The molecule has 0 saturated carbocycles. The lowest BCUT2D eigenvalue weighted by molar-refractivity contribution is -0.142. The molecular formula is C37H68BrN5O14S. The number of carboxylic acids is 1. The summed E-state index contributed by atoms with van der Waals surface area (Å²) in [5, 5.41) is 22.7. The molecule has 19 nitrogen and oxygen atoms in total. The Morgan fingerprint density at radius 2 is 0.914 bits per heavy atom. The molecule has 0 heterocycles. The average Bonchev–Trinajstić information content (AvgIpc) is 3.17. The normalized spacial score (nSPS) is 11.8. The zero-order chi connectivity index (χ0) is 43.1. The average molecular weight is 919 g/mol. The van der Waals surface area contributed by atoms with Crippen LogP contribution in [0.2, 0.25) is 0 Å². The molecule has 0 aliphatic heterocycles. The number of carbonyl (C=O) groups is 6. The molecule has 0 aliphatic rings. The van der Waals surface area contributed by atoms with Gasteiger partial charge in [-0.15, -0.1) is 0 Å². The van der Waals surface area contributed by atoms with Gasteiger partial charge in [0, 0.05) is 39.0 Å². The van der Waals surface area contributed by atoms with E-state index in [0.29, 0.717) is 25.9 Å². The van der Waals surface area contributed by atoms with Crippen LogP contribution in [-0.4, -0.2) is 150 Å². The number of ether oxygens (including phenoxy) is 4. The van der Waals surface area contributed by atoms with Gasteiger partial charge < -0.3 is 50.6 Å². The highest BCUT2D eigenvalue weighted by molar-refractivity contribution is 9.09. The molecule has 1 atom stereocenters. The lowest BCUT2D eigenvalue weighted by atomic mass is 10.0. The van der Waals surface area contributed by atoms with E-state index in [1.54, 1.807) is 0 Å². The van der Waals surface area contributed by atoms with Crippen LogP contribution in [-0.2, 0) is 57.8 Å². The second-order valence-corrected chi connectivity index (χ2v) is 15.6. The van der Waals surface area contributed by atoms with Crippen molar-refractivity contribution in [1.29, 1.82) is 0 Å². The summed E-state index contributed by atoms with van der Waals surface area (Å²) in [6.07, 6.45) is 12.8. The van der Waals surface area contributed by atoms with Gasteiger partial charge in [0.05, 0.1) is 50.7 Å². The van der Waals surface area contributed by atoms with Crippen molar-refractivity contribution in [3.05, 3.63) is 0 Å². The maximum absolute atomic E-state index is 12.3. The van der Waals surface area contributed by atoms with E-state index in [2.05, 4.69) is 42.5 Å². The lowest BCUT2D eigenvalue weighted by Crippen LogP contribution is -2.41. The fourth-order valence-corrected chi connectivity index (χ4v) is 6.02. The Hall–Kier alpha value is -2.95. The highest BCUT2D eigenvalue weighted by Crippen LogP contribution is 2.13. The number of halogens is 1. The molecule has 0 radical (unpaired) electrons. The summed E-state index contributed by atoms with van der Waals surface area (Å²) in [6, 6.07) is -1.16. The number of nitrogens with one attached hydrogen (secondary N) is 5. The molecule has 0 bridgehead atoms. The highest BCUT2D eigenvalue weighted by Gasteiger charge is 2.20. The maximum Gasteiger partial charge on any atom is 0.326 e. The maximum atomic E-state index is 12.3. The summed E-state index contributed by atoms with van der Waals surface area (Å²) in [7, 11) is -3.85. The molecule has 0 fully saturated rings. The molecule has 0 unspecified atom stereocenters. The Morgan fingerprint density at radius 1 is 0.500 bits per heavy atom. The standard InChI is InChI=1S/C37H68BrN5O14S/c38-28-34(46)39-17-18-40-35(47)29-56-25-24-55-22-20-42-36(48)30-57-26-23-54-21-19-41-32(44)16-15-31(37(49)50)43-33(45)14-12-10-8-6-4-2-1-3-5-7-9-11-13-27-58(51,52)53/h31H,1-30H2,(H,39,46)(H,40,47)(H,41,44)(H,42,48)(H,43,45)(H,49,50)(H,51,52,53)/t31-/m0/s1. The molecule has 0 spiro atoms. The highest BCUT2D eigenvalue weighted by atomic mass is 79.9. The number of hydrogen-bond acceptors (Lipinski definition) is 12. The van der Waals surface area contributed by atoms with Crippen molar-refractivity contribution in [3.63, 3.8) is 0 Å². The molecule has 0 aromatic carbocycles. The summed E-state index contributed by atoms with van der Waals surface area (Å²) in [6.45, 7) is 2.00. The van der Waals surface area contributed by atoms with Gasteiger partial charge in [0.25, 0.3) is 10.1 Å². The van der Waals surface area contributed by atoms with Gasteiger partial charge in [0.1, 0.15) is 19.3 Å². The first-order chi connectivity index (χ1) is 27.8. The van der Waals surface area contributed by atoms with Crippen LogP contribution in [0.25, 0.3) is 0 Å². The summed E-state index contributed by atoms with van der Waals surface area (Å²) < 4.78 is 51.3. The Labute approximate surface area is 351 Å². The first-order valence-electron chi connectivity index (χ1n) is 20.2. The molecule has 0 aliphatic carbocycles. The van der Waals surface area contributed by atoms with Crippen LogP contribution in [0.15, 0.2) is 0 Å². The van der Waals surface area contributed by atoms with Gasteiger partial charge in [-0.05, 0) is 19.3 Å². The predicted molar refractivity (Wildman–Crippen MR) is 219 cm³/mol. The number of aliphatic carboxylic acids is 1. The van der Waals surface area contributed by atoms with Crippen LogP contribution in [0.5, 0.6) is 0 Å². The van der Waals surface area contributed by atoms with Crippen LogP contribution < -0.4 is 26.6 Å². The molecular weight excluding hydrogens is 850 g/mol. The minimum Gasteiger partial charge on any atom is -0.480 e. The second kappa shape index (κ2) is 38.3. The SMILES string of the molecule is O=C(CBr)NCCNC(=O)COCCOCCNC(=O)COCCOCCNC(=O)CC[C@H](NC(=O)CCCCCCCCCCCCCCCS(=O)(=O)O)C(=O)O. The molecule has 0 saturated heterocycles. The number of amides is 5. The lowest BCUT2D eigenvalue weighted by Gasteiger charge is -2.14. The van der Waals surface area contributed by atoms with E-state index < -0.39 is 22.1 Å². The van der Waals surface area contributed by atoms with Crippen LogP contribution in [0.3, 0.4) is 0 Å². The number of unbranched alkanes of at least 4 members (excludes halogenated alkanes) is 12. The Kier molecular flexibility index (Phi) is 36.3. The first kappa shape index (κ1) is 55.0. The number of carboxylic acid groups (broad SMARTS) is 1. The zero-order valence-corrected chi connectivity index (χ0v) is 36.3. The van der Waals surface area contributed by atoms with E-state index in [1.165, 1.54) is 0 Å². The molecule has 7 N–H and O–H groups in total. The van der Waals surface area contributed by atoms with Crippen molar-refractivity contribution in [2.75, 3.05) is 90.1 Å². The predicted octanol–water partition coefficient (Wildman–Crippen LogP) is 1.61. The minimum absolute atomic E-state index is 0.0404. The van der Waals surface area contributed by atoms with E-state index in [1.807, 2.05) is 0 Å². The molecule has 5 amide bonds. The number of alkyl halides is 1. The summed E-state index contributed by atoms with van der Waals surface area (Å²) in [4.78, 5) is 70.6. The Morgan fingerprint density at radius 3 is 1.38 bits per heavy atom. The van der Waals surface area contributed by atoms with Crippen molar-refractivity contribution >= 4 is 61.6 Å². The van der Waals surface area contributed by atoms with Crippen molar-refractivity contribution in [2.24, 2.45) is 0 Å². The van der Waals surface area contributed by atoms with Crippen LogP contribution in [0.1, 0.15) is 103 Å². The minimum atomic E-state index is -3.85. The monoisotopic (exact) mass is 917 g/mol. The van der Waals surface area contributed by atoms with Crippen molar-refractivity contribution in [1.82, 2.24) is 26.6 Å². The third-order valence-corrected chi connectivity index (χ3v) is 9.65. The van der Waals surface area contributed by atoms with Gasteiger partial charge in [0.15, 0.2) is 0 Å². The third kappa shape index (κ3) is 39.9. The van der Waals surface area contributed by atoms with E-state index in [4.69, 9.17) is 23.5 Å². The van der Waals surface area contributed by atoms with Gasteiger partial charge >= 0.3 is 5.97 Å². The second-order valence-electron chi connectivity index (χ2n) is 13.5. The third-order valence-electron chi connectivity index (χ3n) is 8.34. The van der Waals surface area contributed by atoms with E-state index in [0.717, 1.165) is 70.6 Å². The zero-order valence-electron chi connectivity index (χ0n) is 33.9. The molecule has 338 valence electrons. The molecule has 0 aromatic heterocycles. The van der Waals surface area contributed by atoms with E-state index in [9.17, 15) is 42.3 Å². The van der Waals surface area contributed by atoms with Crippen molar-refractivity contribution < 1.29 is 65.8 Å². The summed E-state index contributed by atoms with van der Waals surface area (Å²) in [5.74, 6) is -2.88. The van der Waals surface area contributed by atoms with Gasteiger partial charge in [0.2, 0.25) is 29.5 Å². The van der Waals surface area contributed by atoms with E-state index >= 15 is 0 Å². The molecule has 0 rings (SSSR count). The molecule has 21 heteroatoms. The van der Waals surface area contributed by atoms with Crippen LogP contribution in [0.4, 0.5) is 0 Å². The Bertz CT molecular complexity index is 1250. The number of carbonyl (C=O) groups excluding carboxylic acids is 5. The first-order valence-corrected chi connectivity index (χ1v) is 23.0. The Balaban J connectivity index is 3.66. The van der Waals surface area contributed by atoms with Gasteiger partial charge in [-0.3, -0.25) is 28.5 Å².